The second-order valence-corrected chi connectivity index (χ2v) is 4.42. The average Bonchev–Trinajstić information content (AvgIpc) is 2.68. The number of carbonyl (C=O) groups is 3. The molecule has 1 aromatic heterocycles. The SMILES string of the molecule is NC(=O)CC(NC(=O)Cc1cccs1)C(=O)O. The van der Waals surface area contributed by atoms with Crippen molar-refractivity contribution in [1.82, 2.24) is 5.32 Å². The smallest absolute Gasteiger partial charge is 0.326 e. The fourth-order valence-electron chi connectivity index (χ4n) is 1.22. The first-order valence-electron chi connectivity index (χ1n) is 4.82. The molecule has 17 heavy (non-hydrogen) atoms. The molecule has 2 amide bonds. The van der Waals surface area contributed by atoms with Crippen LogP contribution in [0.2, 0.25) is 0 Å². The van der Waals surface area contributed by atoms with Crippen molar-refractivity contribution >= 4 is 29.1 Å². The quantitative estimate of drug-likeness (QED) is 0.651. The van der Waals surface area contributed by atoms with Crippen LogP contribution in [0.4, 0.5) is 0 Å². The number of nitrogens with two attached hydrogens (primary N) is 1. The second-order valence-electron chi connectivity index (χ2n) is 3.38. The van der Waals surface area contributed by atoms with Crippen LogP contribution in [0.3, 0.4) is 0 Å². The molecule has 0 aliphatic heterocycles. The molecule has 0 aliphatic rings. The van der Waals surface area contributed by atoms with E-state index in [9.17, 15) is 14.4 Å². The molecule has 7 heteroatoms. The van der Waals surface area contributed by atoms with E-state index in [1.54, 1.807) is 12.1 Å². The molecule has 0 bridgehead atoms. The van der Waals surface area contributed by atoms with E-state index < -0.39 is 30.2 Å². The molecule has 0 saturated carbocycles. The normalized spacial score (nSPS) is 11.8. The molecule has 0 radical (unpaired) electrons. The third kappa shape index (κ3) is 4.64. The van der Waals surface area contributed by atoms with Crippen LogP contribution in [0.5, 0.6) is 0 Å². The summed E-state index contributed by atoms with van der Waals surface area (Å²) in [6.07, 6.45) is -0.314. The van der Waals surface area contributed by atoms with Crippen LogP contribution >= 0.6 is 11.3 Å². The summed E-state index contributed by atoms with van der Waals surface area (Å²) in [6.45, 7) is 0. The fraction of sp³-hybridized carbons (Fsp3) is 0.300. The van der Waals surface area contributed by atoms with Crippen LogP contribution in [0, 0.1) is 0 Å². The van der Waals surface area contributed by atoms with Crippen LogP contribution in [-0.4, -0.2) is 28.9 Å². The minimum absolute atomic E-state index is 0.0974. The summed E-state index contributed by atoms with van der Waals surface area (Å²) in [6, 6.07) is 2.30. The maximum Gasteiger partial charge on any atom is 0.326 e. The third-order valence-electron chi connectivity index (χ3n) is 1.95. The number of amides is 2. The van der Waals surface area contributed by atoms with Crippen molar-refractivity contribution in [3.63, 3.8) is 0 Å². The highest BCUT2D eigenvalue weighted by Gasteiger charge is 2.22. The minimum atomic E-state index is -1.27. The van der Waals surface area contributed by atoms with Gasteiger partial charge >= 0.3 is 5.97 Å². The lowest BCUT2D eigenvalue weighted by molar-refractivity contribution is -0.143. The van der Waals surface area contributed by atoms with Gasteiger partial charge in [0.2, 0.25) is 11.8 Å². The Morgan fingerprint density at radius 3 is 2.65 bits per heavy atom. The molecule has 0 spiro atoms. The van der Waals surface area contributed by atoms with Gasteiger partial charge in [-0.25, -0.2) is 4.79 Å². The van der Waals surface area contributed by atoms with Crippen LogP contribution in [0.1, 0.15) is 11.3 Å². The Morgan fingerprint density at radius 1 is 1.47 bits per heavy atom. The molecule has 1 rings (SSSR count). The zero-order valence-corrected chi connectivity index (χ0v) is 9.70. The van der Waals surface area contributed by atoms with Crippen molar-refractivity contribution in [2.24, 2.45) is 5.73 Å². The van der Waals surface area contributed by atoms with Gasteiger partial charge in [-0.1, -0.05) is 6.07 Å². The van der Waals surface area contributed by atoms with Gasteiger partial charge in [0.1, 0.15) is 6.04 Å². The number of hydrogen-bond acceptors (Lipinski definition) is 4. The van der Waals surface area contributed by atoms with Gasteiger partial charge in [0.05, 0.1) is 12.8 Å². The Balaban J connectivity index is 2.52. The van der Waals surface area contributed by atoms with E-state index in [-0.39, 0.29) is 6.42 Å². The highest BCUT2D eigenvalue weighted by molar-refractivity contribution is 7.10. The molecule has 0 saturated heterocycles. The van der Waals surface area contributed by atoms with Gasteiger partial charge in [0.15, 0.2) is 0 Å². The molecule has 0 aromatic carbocycles. The Morgan fingerprint density at radius 2 is 2.18 bits per heavy atom. The zero-order valence-electron chi connectivity index (χ0n) is 8.88. The maximum absolute atomic E-state index is 11.5. The van der Waals surface area contributed by atoms with E-state index in [4.69, 9.17) is 10.8 Å². The van der Waals surface area contributed by atoms with Crippen LogP contribution < -0.4 is 11.1 Å². The number of aliphatic carboxylic acids is 1. The number of hydrogen-bond donors (Lipinski definition) is 3. The van der Waals surface area contributed by atoms with Gasteiger partial charge in [0, 0.05) is 4.88 Å². The number of carbonyl (C=O) groups excluding carboxylic acids is 2. The molecule has 6 nitrogen and oxygen atoms in total. The van der Waals surface area contributed by atoms with Gasteiger partial charge in [-0.2, -0.15) is 0 Å². The first kappa shape index (κ1) is 13.2. The summed E-state index contributed by atoms with van der Waals surface area (Å²) in [5, 5.41) is 12.9. The van der Waals surface area contributed by atoms with Crippen molar-refractivity contribution in [1.29, 1.82) is 0 Å². The van der Waals surface area contributed by atoms with Crippen molar-refractivity contribution in [3.8, 4) is 0 Å². The van der Waals surface area contributed by atoms with Crippen molar-refractivity contribution in [3.05, 3.63) is 22.4 Å². The fourth-order valence-corrected chi connectivity index (χ4v) is 1.92. The summed E-state index contributed by atoms with van der Waals surface area (Å²) < 4.78 is 0. The Bertz CT molecular complexity index is 416. The number of thiophene rings is 1. The van der Waals surface area contributed by atoms with E-state index in [2.05, 4.69) is 5.32 Å². The molecule has 1 unspecified atom stereocenters. The topological polar surface area (TPSA) is 109 Å². The molecule has 0 aliphatic carbocycles. The molecule has 4 N–H and O–H groups in total. The first-order valence-corrected chi connectivity index (χ1v) is 5.70. The maximum atomic E-state index is 11.5. The predicted molar refractivity (Wildman–Crippen MR) is 61.4 cm³/mol. The van der Waals surface area contributed by atoms with E-state index in [1.165, 1.54) is 11.3 Å². The van der Waals surface area contributed by atoms with Gasteiger partial charge < -0.3 is 16.2 Å². The van der Waals surface area contributed by atoms with Gasteiger partial charge in [-0.3, -0.25) is 9.59 Å². The lowest BCUT2D eigenvalue weighted by atomic mass is 10.2. The van der Waals surface area contributed by atoms with Crippen LogP contribution in [0.15, 0.2) is 17.5 Å². The second kappa shape index (κ2) is 6.00. The Hall–Kier alpha value is -1.89. The molecule has 92 valence electrons. The average molecular weight is 256 g/mol. The summed E-state index contributed by atoms with van der Waals surface area (Å²) >= 11 is 1.40. The lowest BCUT2D eigenvalue weighted by Gasteiger charge is -2.12. The van der Waals surface area contributed by atoms with Gasteiger partial charge in [-0.05, 0) is 11.4 Å². The van der Waals surface area contributed by atoms with E-state index >= 15 is 0 Å². The standard InChI is InChI=1S/C10H12N2O4S/c11-8(13)5-7(10(15)16)12-9(14)4-6-2-1-3-17-6/h1-3,7H,4-5H2,(H2,11,13)(H,12,14)(H,15,16). The largest absolute Gasteiger partial charge is 0.480 e. The lowest BCUT2D eigenvalue weighted by Crippen LogP contribution is -2.43. The number of rotatable bonds is 6. The Labute approximate surface area is 101 Å². The number of primary amides is 1. The van der Waals surface area contributed by atoms with E-state index in [1.807, 2.05) is 5.38 Å². The van der Waals surface area contributed by atoms with Crippen molar-refractivity contribution in [2.45, 2.75) is 18.9 Å². The minimum Gasteiger partial charge on any atom is -0.480 e. The van der Waals surface area contributed by atoms with E-state index in [0.29, 0.717) is 0 Å². The monoisotopic (exact) mass is 256 g/mol. The number of carboxylic acid groups (broad SMARTS) is 1. The number of nitrogens with one attached hydrogen (secondary N) is 1. The highest BCUT2D eigenvalue weighted by Crippen LogP contribution is 2.09. The summed E-state index contributed by atoms with van der Waals surface area (Å²) in [4.78, 5) is 33.7. The van der Waals surface area contributed by atoms with Gasteiger partial charge in [0.25, 0.3) is 0 Å². The number of carboxylic acids is 1. The van der Waals surface area contributed by atoms with Crippen LogP contribution in [-0.2, 0) is 20.8 Å². The molecule has 1 aromatic rings. The van der Waals surface area contributed by atoms with Gasteiger partial charge in [-0.15, -0.1) is 11.3 Å². The molecular formula is C10H12N2O4S. The van der Waals surface area contributed by atoms with Crippen molar-refractivity contribution in [2.75, 3.05) is 0 Å². The van der Waals surface area contributed by atoms with Crippen molar-refractivity contribution < 1.29 is 19.5 Å². The first-order chi connectivity index (χ1) is 7.99. The summed E-state index contributed by atoms with van der Waals surface area (Å²) in [7, 11) is 0. The highest BCUT2D eigenvalue weighted by atomic mass is 32.1. The Kier molecular flexibility index (Phi) is 4.65. The molecule has 1 atom stereocenters. The van der Waals surface area contributed by atoms with E-state index in [0.717, 1.165) is 4.88 Å². The van der Waals surface area contributed by atoms with Crippen LogP contribution in [0.25, 0.3) is 0 Å². The molecular weight excluding hydrogens is 244 g/mol. The zero-order chi connectivity index (χ0) is 12.8. The summed E-state index contributed by atoms with van der Waals surface area (Å²) in [5.41, 5.74) is 4.89. The molecule has 1 heterocycles. The molecule has 0 fully saturated rings. The predicted octanol–water partition coefficient (Wildman–Crippen LogP) is -0.265. The third-order valence-corrected chi connectivity index (χ3v) is 2.83. The summed E-state index contributed by atoms with van der Waals surface area (Å²) in [5.74, 6) is -2.49.